The summed E-state index contributed by atoms with van der Waals surface area (Å²) in [6, 6.07) is 8.89. The summed E-state index contributed by atoms with van der Waals surface area (Å²) in [6.45, 7) is 2.15. The lowest BCUT2D eigenvalue weighted by atomic mass is 9.92. The van der Waals surface area contributed by atoms with Crippen LogP contribution in [-0.4, -0.2) is 0 Å². The lowest BCUT2D eigenvalue weighted by Gasteiger charge is -2.14. The Labute approximate surface area is 99.8 Å². The van der Waals surface area contributed by atoms with Gasteiger partial charge in [-0.1, -0.05) is 64.5 Å². The molecule has 0 saturated carbocycles. The van der Waals surface area contributed by atoms with Crippen LogP contribution in [0.4, 0.5) is 0 Å². The van der Waals surface area contributed by atoms with Crippen LogP contribution >= 0.6 is 15.9 Å². The van der Waals surface area contributed by atoms with Crippen LogP contribution in [0.25, 0.3) is 0 Å². The minimum absolute atomic E-state index is 0.438. The van der Waals surface area contributed by atoms with E-state index in [0.717, 1.165) is 6.42 Å². The summed E-state index contributed by atoms with van der Waals surface area (Å²) in [4.78, 5) is 0.438. The molecule has 0 fully saturated rings. The molecule has 0 aliphatic heterocycles. The molecular formula is C14H15Br. The molecule has 0 bridgehead atoms. The maximum Gasteiger partial charge on any atom is 0.0367 e. The Morgan fingerprint density at radius 3 is 2.47 bits per heavy atom. The van der Waals surface area contributed by atoms with Crippen LogP contribution in [0, 0.1) is 0 Å². The quantitative estimate of drug-likeness (QED) is 0.676. The van der Waals surface area contributed by atoms with Crippen LogP contribution in [0.2, 0.25) is 0 Å². The number of hydrogen-bond donors (Lipinski definition) is 0. The first kappa shape index (κ1) is 10.7. The second-order valence-electron chi connectivity index (χ2n) is 3.94. The highest BCUT2D eigenvalue weighted by atomic mass is 79.9. The maximum atomic E-state index is 3.58. The first-order valence-corrected chi connectivity index (χ1v) is 6.26. The van der Waals surface area contributed by atoms with Crippen LogP contribution in [-0.2, 0) is 0 Å². The van der Waals surface area contributed by atoms with Crippen LogP contribution in [0.15, 0.2) is 48.6 Å². The minimum atomic E-state index is 0.438. The van der Waals surface area contributed by atoms with Crippen molar-refractivity contribution in [1.82, 2.24) is 0 Å². The minimum Gasteiger partial charge on any atom is -0.0842 e. The number of halogens is 1. The summed E-state index contributed by atoms with van der Waals surface area (Å²) in [5.41, 5.74) is 2.75. The molecule has 0 radical (unpaired) electrons. The van der Waals surface area contributed by atoms with Crippen molar-refractivity contribution in [2.75, 3.05) is 0 Å². The highest BCUT2D eigenvalue weighted by Crippen LogP contribution is 2.27. The Kier molecular flexibility index (Phi) is 3.42. The molecular weight excluding hydrogens is 248 g/mol. The molecule has 1 aromatic carbocycles. The van der Waals surface area contributed by atoms with Gasteiger partial charge in [0.2, 0.25) is 0 Å². The SMILES string of the molecule is CC(Br)c1ccc([C@@H]2C=CC=CC2)cc1. The van der Waals surface area contributed by atoms with Gasteiger partial charge in [-0.2, -0.15) is 0 Å². The van der Waals surface area contributed by atoms with E-state index in [-0.39, 0.29) is 0 Å². The standard InChI is InChI=1S/C14H15Br/c1-11(15)12-7-9-14(10-8-12)13-5-3-2-4-6-13/h2-5,7-11,13H,6H2,1H3/t11?,13-/m1/s1. The molecule has 0 aromatic heterocycles. The molecule has 1 heteroatoms. The van der Waals surface area contributed by atoms with Crippen molar-refractivity contribution >= 4 is 15.9 Å². The van der Waals surface area contributed by atoms with Crippen molar-refractivity contribution < 1.29 is 0 Å². The number of allylic oxidation sites excluding steroid dienone is 4. The van der Waals surface area contributed by atoms with E-state index in [1.54, 1.807) is 0 Å². The molecule has 78 valence electrons. The van der Waals surface area contributed by atoms with Crippen LogP contribution in [0.5, 0.6) is 0 Å². The van der Waals surface area contributed by atoms with Gasteiger partial charge in [-0.3, -0.25) is 0 Å². The third kappa shape index (κ3) is 2.60. The predicted molar refractivity (Wildman–Crippen MR) is 69.4 cm³/mol. The molecule has 0 spiro atoms. The maximum absolute atomic E-state index is 3.58. The van der Waals surface area contributed by atoms with E-state index in [4.69, 9.17) is 0 Å². The second kappa shape index (κ2) is 4.80. The van der Waals surface area contributed by atoms with E-state index in [0.29, 0.717) is 10.7 Å². The Morgan fingerprint density at radius 1 is 1.20 bits per heavy atom. The van der Waals surface area contributed by atoms with Gasteiger partial charge < -0.3 is 0 Å². The van der Waals surface area contributed by atoms with Crippen molar-refractivity contribution in [2.45, 2.75) is 24.1 Å². The Morgan fingerprint density at radius 2 is 1.93 bits per heavy atom. The Balaban J connectivity index is 2.16. The zero-order chi connectivity index (χ0) is 10.7. The number of hydrogen-bond acceptors (Lipinski definition) is 0. The zero-order valence-corrected chi connectivity index (χ0v) is 10.4. The van der Waals surface area contributed by atoms with Gasteiger partial charge in [0.25, 0.3) is 0 Å². The van der Waals surface area contributed by atoms with Crippen molar-refractivity contribution in [2.24, 2.45) is 0 Å². The van der Waals surface area contributed by atoms with Gasteiger partial charge in [-0.05, 0) is 24.5 Å². The molecule has 0 saturated heterocycles. The van der Waals surface area contributed by atoms with Crippen LogP contribution < -0.4 is 0 Å². The first-order valence-electron chi connectivity index (χ1n) is 5.34. The van der Waals surface area contributed by atoms with E-state index in [1.807, 2.05) is 0 Å². The molecule has 0 amide bonds. The van der Waals surface area contributed by atoms with Crippen molar-refractivity contribution in [1.29, 1.82) is 0 Å². The summed E-state index contributed by atoms with van der Waals surface area (Å²) >= 11 is 3.58. The normalized spacial score (nSPS) is 21.6. The summed E-state index contributed by atoms with van der Waals surface area (Å²) in [6.07, 6.45) is 9.87. The van der Waals surface area contributed by atoms with Gasteiger partial charge in [0.05, 0.1) is 0 Å². The molecule has 1 aliphatic rings. The molecule has 1 aliphatic carbocycles. The highest BCUT2D eigenvalue weighted by Gasteiger charge is 2.08. The zero-order valence-electron chi connectivity index (χ0n) is 8.86. The molecule has 2 rings (SSSR count). The molecule has 2 atom stereocenters. The number of alkyl halides is 1. The number of benzene rings is 1. The van der Waals surface area contributed by atoms with Gasteiger partial charge in [-0.15, -0.1) is 0 Å². The van der Waals surface area contributed by atoms with Crippen molar-refractivity contribution in [3.63, 3.8) is 0 Å². The van der Waals surface area contributed by atoms with Gasteiger partial charge in [-0.25, -0.2) is 0 Å². The van der Waals surface area contributed by atoms with Gasteiger partial charge in [0, 0.05) is 10.7 Å². The lowest BCUT2D eigenvalue weighted by Crippen LogP contribution is -1.96. The van der Waals surface area contributed by atoms with E-state index in [9.17, 15) is 0 Å². The summed E-state index contributed by atoms with van der Waals surface area (Å²) < 4.78 is 0. The van der Waals surface area contributed by atoms with Gasteiger partial charge in [0.15, 0.2) is 0 Å². The topological polar surface area (TPSA) is 0 Å². The second-order valence-corrected chi connectivity index (χ2v) is 5.31. The van der Waals surface area contributed by atoms with E-state index < -0.39 is 0 Å². The summed E-state index contributed by atoms with van der Waals surface area (Å²) in [7, 11) is 0. The monoisotopic (exact) mass is 262 g/mol. The van der Waals surface area contributed by atoms with E-state index in [2.05, 4.69) is 71.4 Å². The fourth-order valence-electron chi connectivity index (χ4n) is 1.84. The average Bonchev–Trinajstić information content (AvgIpc) is 2.30. The fourth-order valence-corrected chi connectivity index (χ4v) is 2.14. The molecule has 1 aromatic rings. The van der Waals surface area contributed by atoms with Crippen molar-refractivity contribution in [3.8, 4) is 0 Å². The first-order chi connectivity index (χ1) is 7.27. The van der Waals surface area contributed by atoms with E-state index >= 15 is 0 Å². The molecule has 15 heavy (non-hydrogen) atoms. The molecule has 0 N–H and O–H groups in total. The van der Waals surface area contributed by atoms with Gasteiger partial charge >= 0.3 is 0 Å². The Hall–Kier alpha value is -0.820. The van der Waals surface area contributed by atoms with Gasteiger partial charge in [0.1, 0.15) is 0 Å². The summed E-state index contributed by atoms with van der Waals surface area (Å²) in [5, 5.41) is 0. The lowest BCUT2D eigenvalue weighted by molar-refractivity contribution is 0.852. The highest BCUT2D eigenvalue weighted by molar-refractivity contribution is 9.09. The van der Waals surface area contributed by atoms with E-state index in [1.165, 1.54) is 11.1 Å². The molecule has 1 unspecified atom stereocenters. The molecule has 0 heterocycles. The molecule has 0 nitrogen and oxygen atoms in total. The summed E-state index contributed by atoms with van der Waals surface area (Å²) in [5.74, 6) is 0.565. The van der Waals surface area contributed by atoms with Crippen molar-refractivity contribution in [3.05, 3.63) is 59.7 Å². The largest absolute Gasteiger partial charge is 0.0842 e. The Bertz CT molecular complexity index is 371. The smallest absolute Gasteiger partial charge is 0.0367 e. The van der Waals surface area contributed by atoms with Crippen LogP contribution in [0.1, 0.15) is 35.2 Å². The fraction of sp³-hybridized carbons (Fsp3) is 0.286. The number of rotatable bonds is 2. The van der Waals surface area contributed by atoms with Crippen LogP contribution in [0.3, 0.4) is 0 Å². The third-order valence-electron chi connectivity index (χ3n) is 2.80. The average molecular weight is 263 g/mol. The predicted octanol–water partition coefficient (Wildman–Crippen LogP) is 4.74. The third-order valence-corrected chi connectivity index (χ3v) is 3.33.